The van der Waals surface area contributed by atoms with Crippen molar-refractivity contribution < 1.29 is 12.8 Å². The van der Waals surface area contributed by atoms with Gasteiger partial charge in [-0.1, -0.05) is 12.8 Å². The maximum Gasteiger partial charge on any atom is 0.275 e. The lowest BCUT2D eigenvalue weighted by atomic mass is 10.0. The molecule has 1 aromatic rings. The molecule has 0 spiro atoms. The van der Waals surface area contributed by atoms with Crippen LogP contribution in [0.5, 0.6) is 0 Å². The van der Waals surface area contributed by atoms with Crippen LogP contribution >= 0.6 is 0 Å². The molecule has 108 valence electrons. The second-order valence-electron chi connectivity index (χ2n) is 5.63. The second-order valence-corrected chi connectivity index (χ2v) is 7.71. The van der Waals surface area contributed by atoms with Crippen LogP contribution < -0.4 is 5.32 Å². The summed E-state index contributed by atoms with van der Waals surface area (Å²) in [7, 11) is -0.479. The summed E-state index contributed by atoms with van der Waals surface area (Å²) in [6.07, 6.45) is 4.83. The Morgan fingerprint density at radius 1 is 1.32 bits per heavy atom. The summed E-state index contributed by atoms with van der Waals surface area (Å²) in [4.78, 5) is 0. The zero-order valence-corrected chi connectivity index (χ0v) is 12.6. The Morgan fingerprint density at radius 2 is 1.95 bits per heavy atom. The van der Waals surface area contributed by atoms with Gasteiger partial charge in [-0.15, -0.1) is 0 Å². The van der Waals surface area contributed by atoms with Crippen molar-refractivity contribution in [2.45, 2.75) is 49.8 Å². The molecule has 1 aromatic heterocycles. The van der Waals surface area contributed by atoms with Crippen LogP contribution in [0, 0.1) is 0 Å². The van der Waals surface area contributed by atoms with Gasteiger partial charge in [0.2, 0.25) is 5.09 Å². The minimum absolute atomic E-state index is 0.00544. The maximum absolute atomic E-state index is 11.9. The fourth-order valence-corrected chi connectivity index (χ4v) is 3.22. The van der Waals surface area contributed by atoms with Crippen molar-refractivity contribution in [1.82, 2.24) is 9.62 Å². The van der Waals surface area contributed by atoms with Gasteiger partial charge in [-0.3, -0.25) is 0 Å². The minimum Gasteiger partial charge on any atom is -0.447 e. The van der Waals surface area contributed by atoms with E-state index in [1.807, 2.05) is 0 Å². The van der Waals surface area contributed by atoms with Crippen molar-refractivity contribution in [1.29, 1.82) is 0 Å². The lowest BCUT2D eigenvalue weighted by Crippen LogP contribution is -2.38. The molecule has 1 N–H and O–H groups in total. The largest absolute Gasteiger partial charge is 0.447 e. The summed E-state index contributed by atoms with van der Waals surface area (Å²) >= 11 is 0. The molecule has 5 nitrogen and oxygen atoms in total. The van der Waals surface area contributed by atoms with Crippen LogP contribution in [0.1, 0.15) is 38.4 Å². The fraction of sp³-hybridized carbons (Fsp3) is 0.692. The number of sulfonamides is 1. The van der Waals surface area contributed by atoms with Crippen LogP contribution in [0.2, 0.25) is 0 Å². The molecular weight excluding hydrogens is 264 g/mol. The van der Waals surface area contributed by atoms with E-state index >= 15 is 0 Å². The van der Waals surface area contributed by atoms with Gasteiger partial charge in [0.25, 0.3) is 10.0 Å². The van der Waals surface area contributed by atoms with Crippen LogP contribution in [0.3, 0.4) is 0 Å². The van der Waals surface area contributed by atoms with Crippen LogP contribution in [-0.4, -0.2) is 32.4 Å². The highest BCUT2D eigenvalue weighted by Crippen LogP contribution is 2.29. The molecule has 0 aliphatic heterocycles. The van der Waals surface area contributed by atoms with Crippen molar-refractivity contribution in [2.24, 2.45) is 0 Å². The third kappa shape index (κ3) is 3.19. The number of rotatable bonds is 5. The van der Waals surface area contributed by atoms with E-state index in [1.165, 1.54) is 33.0 Å². The zero-order valence-electron chi connectivity index (χ0n) is 11.8. The summed E-state index contributed by atoms with van der Waals surface area (Å²) in [5.74, 6) is 0.661. The quantitative estimate of drug-likeness (QED) is 0.898. The highest BCUT2D eigenvalue weighted by Gasteiger charge is 2.28. The number of furan rings is 1. The van der Waals surface area contributed by atoms with Gasteiger partial charge in [-0.2, -0.15) is 0 Å². The summed E-state index contributed by atoms with van der Waals surface area (Å²) in [6, 6.07) is 3.24. The molecule has 0 amide bonds. The average Bonchev–Trinajstić information content (AvgIpc) is 2.96. The summed E-state index contributed by atoms with van der Waals surface area (Å²) in [6.45, 7) is 2.78. The molecule has 1 aliphatic rings. The second kappa shape index (κ2) is 5.26. The lowest BCUT2D eigenvalue weighted by Gasteiger charge is -2.24. The molecule has 6 heteroatoms. The van der Waals surface area contributed by atoms with E-state index in [2.05, 4.69) is 12.2 Å². The maximum atomic E-state index is 11.9. The van der Waals surface area contributed by atoms with E-state index < -0.39 is 10.0 Å². The number of hydrogen-bond acceptors (Lipinski definition) is 4. The molecule has 0 unspecified atom stereocenters. The van der Waals surface area contributed by atoms with Crippen molar-refractivity contribution in [3.8, 4) is 0 Å². The van der Waals surface area contributed by atoms with Crippen molar-refractivity contribution in [2.75, 3.05) is 14.1 Å². The number of nitrogens with one attached hydrogen (secondary N) is 1. The van der Waals surface area contributed by atoms with E-state index in [-0.39, 0.29) is 10.6 Å². The molecule has 19 heavy (non-hydrogen) atoms. The molecule has 0 saturated heterocycles. The topological polar surface area (TPSA) is 62.6 Å². The van der Waals surface area contributed by atoms with E-state index in [0.29, 0.717) is 12.3 Å². The van der Waals surface area contributed by atoms with Gasteiger partial charge in [-0.25, -0.2) is 12.7 Å². The summed E-state index contributed by atoms with van der Waals surface area (Å²) in [5, 5.41) is 3.47. The SMILES string of the molecule is CN(C)S(=O)(=O)c1ccc(CNC2(C)CCCC2)o1. The first-order chi connectivity index (χ1) is 8.83. The molecule has 1 aliphatic carbocycles. The summed E-state index contributed by atoms with van der Waals surface area (Å²) in [5.41, 5.74) is 0.160. The van der Waals surface area contributed by atoms with Gasteiger partial charge in [0.05, 0.1) is 6.54 Å². The van der Waals surface area contributed by atoms with Gasteiger partial charge >= 0.3 is 0 Å². The molecule has 1 saturated carbocycles. The van der Waals surface area contributed by atoms with Crippen molar-refractivity contribution in [3.63, 3.8) is 0 Å². The first-order valence-corrected chi connectivity index (χ1v) is 8.04. The molecule has 0 atom stereocenters. The highest BCUT2D eigenvalue weighted by molar-refractivity contribution is 7.88. The Balaban J connectivity index is 2.02. The molecule has 0 aromatic carbocycles. The van der Waals surface area contributed by atoms with E-state index in [1.54, 1.807) is 6.07 Å². The van der Waals surface area contributed by atoms with E-state index in [4.69, 9.17) is 4.42 Å². The van der Waals surface area contributed by atoms with Gasteiger partial charge in [0.15, 0.2) is 0 Å². The first kappa shape index (κ1) is 14.6. The third-order valence-corrected chi connectivity index (χ3v) is 5.46. The Morgan fingerprint density at radius 3 is 2.53 bits per heavy atom. The van der Waals surface area contributed by atoms with Crippen molar-refractivity contribution >= 4 is 10.0 Å². The lowest BCUT2D eigenvalue weighted by molar-refractivity contribution is 0.326. The van der Waals surface area contributed by atoms with Crippen LogP contribution in [0.25, 0.3) is 0 Å². The van der Waals surface area contributed by atoms with Crippen LogP contribution in [0.15, 0.2) is 21.6 Å². The van der Waals surface area contributed by atoms with Crippen LogP contribution in [-0.2, 0) is 16.6 Å². The molecule has 2 rings (SSSR count). The minimum atomic E-state index is -3.47. The van der Waals surface area contributed by atoms with E-state index in [9.17, 15) is 8.42 Å². The van der Waals surface area contributed by atoms with Gasteiger partial charge in [-0.05, 0) is 31.9 Å². The number of nitrogens with zero attached hydrogens (tertiary/aromatic N) is 1. The van der Waals surface area contributed by atoms with Crippen LogP contribution in [0.4, 0.5) is 0 Å². The molecule has 1 fully saturated rings. The molecule has 1 heterocycles. The Kier molecular flexibility index (Phi) is 4.03. The Labute approximate surface area is 115 Å². The molecule has 0 bridgehead atoms. The number of hydrogen-bond donors (Lipinski definition) is 1. The van der Waals surface area contributed by atoms with Gasteiger partial charge in [0.1, 0.15) is 5.76 Å². The van der Waals surface area contributed by atoms with Gasteiger partial charge < -0.3 is 9.73 Å². The first-order valence-electron chi connectivity index (χ1n) is 6.60. The third-order valence-electron chi connectivity index (χ3n) is 3.77. The van der Waals surface area contributed by atoms with E-state index in [0.717, 1.165) is 17.1 Å². The van der Waals surface area contributed by atoms with Gasteiger partial charge in [0, 0.05) is 19.6 Å². The molecular formula is C13H22N2O3S. The molecule has 0 radical (unpaired) electrons. The Bertz CT molecular complexity index is 528. The van der Waals surface area contributed by atoms with Crippen molar-refractivity contribution in [3.05, 3.63) is 17.9 Å². The summed E-state index contributed by atoms with van der Waals surface area (Å²) < 4.78 is 30.3. The fourth-order valence-electron chi connectivity index (χ4n) is 2.40. The highest BCUT2D eigenvalue weighted by atomic mass is 32.2. The standard InChI is InChI=1S/C13H22N2O3S/c1-13(8-4-5-9-13)14-10-11-6-7-12(18-11)19(16,17)15(2)3/h6-7,14H,4-5,8-10H2,1-3H3. The predicted molar refractivity (Wildman–Crippen MR) is 73.3 cm³/mol. The average molecular weight is 286 g/mol. The zero-order chi connectivity index (χ0) is 14.1. The Hall–Kier alpha value is -0.850. The smallest absolute Gasteiger partial charge is 0.275 e. The predicted octanol–water partition coefficient (Wildman–Crippen LogP) is 1.95. The monoisotopic (exact) mass is 286 g/mol. The normalized spacial score (nSPS) is 19.2.